The number of benzene rings is 1. The summed E-state index contributed by atoms with van der Waals surface area (Å²) in [5.41, 5.74) is 0.815. The van der Waals surface area contributed by atoms with Crippen LogP contribution in [0.4, 0.5) is 4.39 Å². The van der Waals surface area contributed by atoms with Gasteiger partial charge in [-0.25, -0.2) is 4.39 Å². The van der Waals surface area contributed by atoms with E-state index in [1.54, 1.807) is 18.2 Å². The van der Waals surface area contributed by atoms with E-state index in [1.807, 2.05) is 6.08 Å². The Labute approximate surface area is 94.1 Å². The number of hydrogen-bond donors (Lipinski definition) is 1. The monoisotopic (exact) mass is 219 g/mol. The van der Waals surface area contributed by atoms with Gasteiger partial charge in [-0.15, -0.1) is 0 Å². The molecule has 1 aliphatic carbocycles. The lowest BCUT2D eigenvalue weighted by atomic mass is 9.88. The molecule has 1 N–H and O–H groups in total. The van der Waals surface area contributed by atoms with E-state index in [1.165, 1.54) is 6.07 Å². The molecule has 0 spiro atoms. The normalized spacial score (nSPS) is 21.1. The number of hydrogen-bond acceptors (Lipinski definition) is 2. The minimum absolute atomic E-state index is 0.0237. The molecule has 16 heavy (non-hydrogen) atoms. The van der Waals surface area contributed by atoms with E-state index in [4.69, 9.17) is 5.21 Å². The quantitative estimate of drug-likeness (QED) is 0.352. The largest absolute Gasteiger partial charge is 0.411 e. The van der Waals surface area contributed by atoms with Crippen molar-refractivity contribution in [1.29, 1.82) is 0 Å². The van der Waals surface area contributed by atoms with Crippen LogP contribution in [0, 0.1) is 11.7 Å². The second kappa shape index (κ2) is 4.92. The van der Waals surface area contributed by atoms with E-state index < -0.39 is 0 Å². The molecule has 2 rings (SSSR count). The van der Waals surface area contributed by atoms with E-state index in [9.17, 15) is 4.39 Å². The summed E-state index contributed by atoms with van der Waals surface area (Å²) in [7, 11) is 0. The summed E-state index contributed by atoms with van der Waals surface area (Å²) in [6.07, 6.45) is 7.05. The first-order valence-electron chi connectivity index (χ1n) is 5.46. The third-order valence-electron chi connectivity index (χ3n) is 2.86. The summed E-state index contributed by atoms with van der Waals surface area (Å²) < 4.78 is 13.6. The molecule has 0 fully saturated rings. The summed E-state index contributed by atoms with van der Waals surface area (Å²) in [6.45, 7) is 0. The Morgan fingerprint density at radius 3 is 2.81 bits per heavy atom. The molecular weight excluding hydrogens is 205 g/mol. The molecule has 0 radical (unpaired) electrons. The minimum Gasteiger partial charge on any atom is -0.411 e. The molecule has 1 aliphatic rings. The van der Waals surface area contributed by atoms with Crippen molar-refractivity contribution in [3.8, 4) is 0 Å². The summed E-state index contributed by atoms with van der Waals surface area (Å²) in [4.78, 5) is 0. The standard InChI is InChI=1S/C13H14FNO/c14-12-9-5-4-8-11(12)13(15-16)10-6-2-1-3-7-10/h2,4-6,8-10,16H,1,3,7H2. The van der Waals surface area contributed by atoms with Gasteiger partial charge in [0.25, 0.3) is 0 Å². The Bertz CT molecular complexity index is 426. The maximum Gasteiger partial charge on any atom is 0.132 e. The molecule has 1 unspecified atom stereocenters. The number of oxime groups is 1. The summed E-state index contributed by atoms with van der Waals surface area (Å²) in [6, 6.07) is 6.40. The fourth-order valence-electron chi connectivity index (χ4n) is 2.04. The molecule has 0 amide bonds. The molecule has 1 aromatic rings. The maximum atomic E-state index is 13.6. The zero-order valence-corrected chi connectivity index (χ0v) is 8.94. The van der Waals surface area contributed by atoms with Gasteiger partial charge in [-0.05, 0) is 25.3 Å². The molecule has 2 nitrogen and oxygen atoms in total. The van der Waals surface area contributed by atoms with E-state index in [2.05, 4.69) is 11.2 Å². The van der Waals surface area contributed by atoms with E-state index in [0.717, 1.165) is 19.3 Å². The molecule has 1 atom stereocenters. The molecule has 0 aliphatic heterocycles. The van der Waals surface area contributed by atoms with E-state index in [-0.39, 0.29) is 11.7 Å². The SMILES string of the molecule is ON=C(c1ccccc1F)C1C=CCCC1. The Morgan fingerprint density at radius 1 is 1.38 bits per heavy atom. The van der Waals surface area contributed by atoms with Gasteiger partial charge in [0, 0.05) is 11.5 Å². The van der Waals surface area contributed by atoms with Gasteiger partial charge in [0.05, 0.1) is 5.71 Å². The third-order valence-corrected chi connectivity index (χ3v) is 2.86. The van der Waals surface area contributed by atoms with Crippen molar-refractivity contribution in [3.05, 3.63) is 47.8 Å². The van der Waals surface area contributed by atoms with Gasteiger partial charge in [0.15, 0.2) is 0 Å². The van der Waals surface area contributed by atoms with Crippen molar-refractivity contribution in [2.75, 3.05) is 0 Å². The minimum atomic E-state index is -0.339. The van der Waals surface area contributed by atoms with E-state index >= 15 is 0 Å². The molecule has 0 saturated heterocycles. The van der Waals surface area contributed by atoms with Crippen LogP contribution in [-0.4, -0.2) is 10.9 Å². The average Bonchev–Trinajstić information content (AvgIpc) is 2.34. The van der Waals surface area contributed by atoms with Gasteiger partial charge < -0.3 is 5.21 Å². The summed E-state index contributed by atoms with van der Waals surface area (Å²) >= 11 is 0. The molecule has 1 aromatic carbocycles. The van der Waals surface area contributed by atoms with Crippen molar-refractivity contribution in [3.63, 3.8) is 0 Å². The number of allylic oxidation sites excluding steroid dienone is 2. The Hall–Kier alpha value is -1.64. The molecule has 0 bridgehead atoms. The predicted molar refractivity (Wildman–Crippen MR) is 61.2 cm³/mol. The van der Waals surface area contributed by atoms with Crippen molar-refractivity contribution < 1.29 is 9.60 Å². The van der Waals surface area contributed by atoms with Crippen LogP contribution in [0.25, 0.3) is 0 Å². The van der Waals surface area contributed by atoms with Crippen LogP contribution in [0.2, 0.25) is 0 Å². The molecule has 84 valence electrons. The Kier molecular flexibility index (Phi) is 3.34. The van der Waals surface area contributed by atoms with Gasteiger partial charge in [0.1, 0.15) is 5.82 Å². The van der Waals surface area contributed by atoms with Crippen molar-refractivity contribution in [1.82, 2.24) is 0 Å². The first-order valence-corrected chi connectivity index (χ1v) is 5.46. The number of rotatable bonds is 2. The fraction of sp³-hybridized carbons (Fsp3) is 0.308. The second-order valence-corrected chi connectivity index (χ2v) is 3.93. The van der Waals surface area contributed by atoms with Crippen molar-refractivity contribution in [2.24, 2.45) is 11.1 Å². The van der Waals surface area contributed by atoms with Crippen LogP contribution >= 0.6 is 0 Å². The highest BCUT2D eigenvalue weighted by Gasteiger charge is 2.20. The first kappa shape index (κ1) is 10.9. The highest BCUT2D eigenvalue weighted by molar-refractivity contribution is 6.03. The average molecular weight is 219 g/mol. The van der Waals surface area contributed by atoms with Crippen molar-refractivity contribution in [2.45, 2.75) is 19.3 Å². The van der Waals surface area contributed by atoms with Gasteiger partial charge in [-0.3, -0.25) is 0 Å². The molecule has 0 heterocycles. The summed E-state index contributed by atoms with van der Waals surface area (Å²) in [5, 5.41) is 12.3. The smallest absolute Gasteiger partial charge is 0.132 e. The number of halogens is 1. The maximum absolute atomic E-state index is 13.6. The van der Waals surface area contributed by atoms with Crippen LogP contribution < -0.4 is 0 Å². The Morgan fingerprint density at radius 2 is 2.19 bits per heavy atom. The van der Waals surface area contributed by atoms with Gasteiger partial charge >= 0.3 is 0 Å². The number of nitrogens with zero attached hydrogens (tertiary/aromatic N) is 1. The zero-order valence-electron chi connectivity index (χ0n) is 8.94. The lowest BCUT2D eigenvalue weighted by Crippen LogP contribution is -2.17. The Balaban J connectivity index is 2.33. The van der Waals surface area contributed by atoms with Gasteiger partial charge in [-0.1, -0.05) is 35.5 Å². The van der Waals surface area contributed by atoms with Crippen LogP contribution in [0.1, 0.15) is 24.8 Å². The predicted octanol–water partition coefficient (Wildman–Crippen LogP) is 3.36. The first-order chi connectivity index (χ1) is 7.83. The molecule has 3 heteroatoms. The topological polar surface area (TPSA) is 32.6 Å². The lowest BCUT2D eigenvalue weighted by molar-refractivity contribution is 0.315. The second-order valence-electron chi connectivity index (χ2n) is 3.93. The van der Waals surface area contributed by atoms with Crippen LogP contribution in [0.15, 0.2) is 41.6 Å². The van der Waals surface area contributed by atoms with Gasteiger partial charge in [-0.2, -0.15) is 0 Å². The summed E-state index contributed by atoms with van der Waals surface area (Å²) in [5.74, 6) is -0.315. The van der Waals surface area contributed by atoms with Crippen LogP contribution in [0.3, 0.4) is 0 Å². The van der Waals surface area contributed by atoms with Crippen LogP contribution in [0.5, 0.6) is 0 Å². The zero-order chi connectivity index (χ0) is 11.4. The van der Waals surface area contributed by atoms with E-state index in [0.29, 0.717) is 11.3 Å². The highest BCUT2D eigenvalue weighted by Crippen LogP contribution is 2.23. The molecule has 0 saturated carbocycles. The lowest BCUT2D eigenvalue weighted by Gasteiger charge is -2.17. The molecular formula is C13H14FNO. The highest BCUT2D eigenvalue weighted by atomic mass is 19.1. The molecule has 0 aromatic heterocycles. The van der Waals surface area contributed by atoms with Gasteiger partial charge in [0.2, 0.25) is 0 Å². The van der Waals surface area contributed by atoms with Crippen LogP contribution in [-0.2, 0) is 0 Å². The fourth-order valence-corrected chi connectivity index (χ4v) is 2.04. The van der Waals surface area contributed by atoms with Crippen molar-refractivity contribution >= 4 is 5.71 Å². The third kappa shape index (κ3) is 2.13.